The second kappa shape index (κ2) is 6.06. The highest BCUT2D eigenvalue weighted by Crippen LogP contribution is 2.27. The summed E-state index contributed by atoms with van der Waals surface area (Å²) in [5.74, 6) is 0.766. The first kappa shape index (κ1) is 14.5. The first-order valence-corrected chi connectivity index (χ1v) is 7.59. The molecule has 0 radical (unpaired) electrons. The number of hydrogen-bond donors (Lipinski definition) is 1. The fraction of sp³-hybridized carbons (Fsp3) is 0.647. The van der Waals surface area contributed by atoms with Gasteiger partial charge in [-0.25, -0.2) is 0 Å². The highest BCUT2D eigenvalue weighted by molar-refractivity contribution is 5.25. The van der Waals surface area contributed by atoms with Gasteiger partial charge in [-0.2, -0.15) is 0 Å². The number of hydrogen-bond acceptors (Lipinski definition) is 2. The van der Waals surface area contributed by atoms with Crippen LogP contribution in [-0.2, 0) is 5.54 Å². The summed E-state index contributed by atoms with van der Waals surface area (Å²) < 4.78 is 0. The molecule has 1 aliphatic heterocycles. The van der Waals surface area contributed by atoms with Gasteiger partial charge < -0.3 is 5.32 Å². The van der Waals surface area contributed by atoms with Gasteiger partial charge in [0, 0.05) is 19.1 Å². The van der Waals surface area contributed by atoms with E-state index < -0.39 is 0 Å². The van der Waals surface area contributed by atoms with Crippen LogP contribution in [0, 0.1) is 5.92 Å². The van der Waals surface area contributed by atoms with E-state index in [1.54, 1.807) is 0 Å². The van der Waals surface area contributed by atoms with E-state index in [0.717, 1.165) is 25.6 Å². The van der Waals surface area contributed by atoms with Gasteiger partial charge in [-0.1, -0.05) is 51.1 Å². The van der Waals surface area contributed by atoms with E-state index >= 15 is 0 Å². The smallest absolute Gasteiger partial charge is 0.0535 e. The van der Waals surface area contributed by atoms with Crippen molar-refractivity contribution in [3.05, 3.63) is 35.9 Å². The van der Waals surface area contributed by atoms with Gasteiger partial charge >= 0.3 is 0 Å². The molecule has 106 valence electrons. The van der Waals surface area contributed by atoms with E-state index in [2.05, 4.69) is 68.2 Å². The molecule has 0 saturated carbocycles. The van der Waals surface area contributed by atoms with Crippen LogP contribution < -0.4 is 5.32 Å². The first-order chi connectivity index (χ1) is 9.05. The summed E-state index contributed by atoms with van der Waals surface area (Å²) in [6, 6.07) is 11.5. The van der Waals surface area contributed by atoms with Crippen LogP contribution >= 0.6 is 0 Å². The van der Waals surface area contributed by atoms with E-state index in [9.17, 15) is 0 Å². The van der Waals surface area contributed by atoms with E-state index in [4.69, 9.17) is 0 Å². The van der Waals surface area contributed by atoms with E-state index in [1.807, 2.05) is 0 Å². The topological polar surface area (TPSA) is 15.3 Å². The molecule has 1 aromatic carbocycles. The third-order valence-electron chi connectivity index (χ3n) is 4.32. The first-order valence-electron chi connectivity index (χ1n) is 7.59. The zero-order valence-electron chi connectivity index (χ0n) is 12.8. The van der Waals surface area contributed by atoms with Gasteiger partial charge in [-0.15, -0.1) is 0 Å². The van der Waals surface area contributed by atoms with Crippen molar-refractivity contribution in [1.82, 2.24) is 10.2 Å². The Morgan fingerprint density at radius 1 is 1.32 bits per heavy atom. The summed E-state index contributed by atoms with van der Waals surface area (Å²) in [4.78, 5) is 2.64. The molecular formula is C17H28N2. The van der Waals surface area contributed by atoms with Gasteiger partial charge in [-0.3, -0.25) is 4.90 Å². The van der Waals surface area contributed by atoms with Crippen LogP contribution in [0.2, 0.25) is 0 Å². The highest BCUT2D eigenvalue weighted by Gasteiger charge is 2.36. The number of likely N-dealkylation sites (N-methyl/N-ethyl adjacent to an activating group) is 1. The molecule has 2 unspecified atom stereocenters. The summed E-state index contributed by atoms with van der Waals surface area (Å²) >= 11 is 0. The number of nitrogens with zero attached hydrogens (tertiary/aromatic N) is 1. The lowest BCUT2D eigenvalue weighted by atomic mass is 9.87. The molecule has 1 aliphatic rings. The molecule has 0 amide bonds. The van der Waals surface area contributed by atoms with Gasteiger partial charge in [0.05, 0.1) is 5.54 Å². The van der Waals surface area contributed by atoms with Crippen LogP contribution in [-0.4, -0.2) is 30.6 Å². The minimum Gasteiger partial charge on any atom is -0.305 e. The predicted molar refractivity (Wildman–Crippen MR) is 82.3 cm³/mol. The standard InChI is InChI=1S/C17H28N2/c1-5-19-13-17(4,15-9-7-6-8-10-15)18-12-16(19)11-14(2)3/h6-10,14,16,18H,5,11-13H2,1-4H3. The van der Waals surface area contributed by atoms with Crippen LogP contribution in [0.15, 0.2) is 30.3 Å². The largest absolute Gasteiger partial charge is 0.305 e. The third kappa shape index (κ3) is 3.37. The third-order valence-corrected chi connectivity index (χ3v) is 4.32. The Kier molecular flexibility index (Phi) is 4.64. The molecule has 2 atom stereocenters. The number of piperazine rings is 1. The Labute approximate surface area is 118 Å². The molecule has 1 fully saturated rings. The maximum absolute atomic E-state index is 3.79. The van der Waals surface area contributed by atoms with E-state index in [1.165, 1.54) is 12.0 Å². The van der Waals surface area contributed by atoms with Crippen molar-refractivity contribution in [3.8, 4) is 0 Å². The normalized spacial score (nSPS) is 28.8. The van der Waals surface area contributed by atoms with Gasteiger partial charge in [0.15, 0.2) is 0 Å². The monoisotopic (exact) mass is 260 g/mol. The Bertz CT molecular complexity index is 388. The number of benzene rings is 1. The van der Waals surface area contributed by atoms with Gasteiger partial charge in [-0.05, 0) is 31.4 Å². The van der Waals surface area contributed by atoms with Crippen molar-refractivity contribution in [3.63, 3.8) is 0 Å². The van der Waals surface area contributed by atoms with Crippen molar-refractivity contribution in [1.29, 1.82) is 0 Å². The molecule has 19 heavy (non-hydrogen) atoms. The van der Waals surface area contributed by atoms with E-state index in [-0.39, 0.29) is 5.54 Å². The second-order valence-electron chi connectivity index (χ2n) is 6.43. The summed E-state index contributed by atoms with van der Waals surface area (Å²) in [6.07, 6.45) is 1.28. The lowest BCUT2D eigenvalue weighted by molar-refractivity contribution is 0.0789. The molecule has 2 rings (SSSR count). The lowest BCUT2D eigenvalue weighted by Gasteiger charge is -2.46. The molecule has 2 nitrogen and oxygen atoms in total. The quantitative estimate of drug-likeness (QED) is 0.894. The van der Waals surface area contributed by atoms with Crippen LogP contribution in [0.25, 0.3) is 0 Å². The predicted octanol–water partition coefficient (Wildman–Crippen LogP) is 3.24. The van der Waals surface area contributed by atoms with Crippen LogP contribution in [0.4, 0.5) is 0 Å². The minimum atomic E-state index is 0.0880. The minimum absolute atomic E-state index is 0.0880. The molecule has 1 aromatic rings. The molecule has 1 heterocycles. The van der Waals surface area contributed by atoms with Gasteiger partial charge in [0.25, 0.3) is 0 Å². The number of nitrogens with one attached hydrogen (secondary N) is 1. The molecule has 0 aromatic heterocycles. The molecule has 0 spiro atoms. The molecule has 0 aliphatic carbocycles. The summed E-state index contributed by atoms with van der Waals surface area (Å²) in [5, 5.41) is 3.79. The average Bonchev–Trinajstić information content (AvgIpc) is 2.41. The lowest BCUT2D eigenvalue weighted by Crippen LogP contribution is -2.61. The van der Waals surface area contributed by atoms with E-state index in [0.29, 0.717) is 6.04 Å². The summed E-state index contributed by atoms with van der Waals surface area (Å²) in [5.41, 5.74) is 1.49. The van der Waals surface area contributed by atoms with Crippen molar-refractivity contribution in [2.75, 3.05) is 19.6 Å². The van der Waals surface area contributed by atoms with Crippen molar-refractivity contribution >= 4 is 0 Å². The maximum Gasteiger partial charge on any atom is 0.0535 e. The fourth-order valence-electron chi connectivity index (χ4n) is 3.21. The molecule has 1 saturated heterocycles. The average molecular weight is 260 g/mol. The van der Waals surface area contributed by atoms with Crippen molar-refractivity contribution in [2.24, 2.45) is 5.92 Å². The zero-order valence-corrected chi connectivity index (χ0v) is 12.8. The molecule has 0 bridgehead atoms. The van der Waals surface area contributed by atoms with Crippen molar-refractivity contribution < 1.29 is 0 Å². The van der Waals surface area contributed by atoms with Crippen molar-refractivity contribution in [2.45, 2.75) is 45.7 Å². The van der Waals surface area contributed by atoms with Gasteiger partial charge in [0.2, 0.25) is 0 Å². The Hall–Kier alpha value is -0.860. The highest BCUT2D eigenvalue weighted by atomic mass is 15.2. The molecule has 2 heteroatoms. The van der Waals surface area contributed by atoms with Crippen LogP contribution in [0.3, 0.4) is 0 Å². The SMILES string of the molecule is CCN1CC(C)(c2ccccc2)NCC1CC(C)C. The molecule has 1 N–H and O–H groups in total. The molecular weight excluding hydrogens is 232 g/mol. The van der Waals surface area contributed by atoms with Crippen LogP contribution in [0.5, 0.6) is 0 Å². The summed E-state index contributed by atoms with van der Waals surface area (Å²) in [6.45, 7) is 12.6. The second-order valence-corrected chi connectivity index (χ2v) is 6.43. The number of rotatable bonds is 4. The Balaban J connectivity index is 2.12. The maximum atomic E-state index is 3.79. The fourth-order valence-corrected chi connectivity index (χ4v) is 3.21. The van der Waals surface area contributed by atoms with Crippen LogP contribution in [0.1, 0.15) is 39.7 Å². The van der Waals surface area contributed by atoms with Gasteiger partial charge in [0.1, 0.15) is 0 Å². The Morgan fingerprint density at radius 3 is 2.58 bits per heavy atom. The Morgan fingerprint density at radius 2 is 2.00 bits per heavy atom. The summed E-state index contributed by atoms with van der Waals surface area (Å²) in [7, 11) is 0. The zero-order chi connectivity index (χ0) is 13.9.